The van der Waals surface area contributed by atoms with Crippen LogP contribution in [0.5, 0.6) is 17.2 Å². The van der Waals surface area contributed by atoms with Gasteiger partial charge in [-0.1, -0.05) is 6.07 Å². The summed E-state index contributed by atoms with van der Waals surface area (Å²) in [6, 6.07) is 10.4. The lowest BCUT2D eigenvalue weighted by Crippen LogP contribution is -2.44. The van der Waals surface area contributed by atoms with E-state index >= 15 is 0 Å². The van der Waals surface area contributed by atoms with Crippen LogP contribution in [0.4, 0.5) is 5.69 Å². The first-order chi connectivity index (χ1) is 16.4. The highest BCUT2D eigenvalue weighted by Gasteiger charge is 2.44. The zero-order valence-electron chi connectivity index (χ0n) is 18.3. The number of carbonyl (C=O) groups is 4. The van der Waals surface area contributed by atoms with Gasteiger partial charge in [-0.25, -0.2) is 4.90 Å². The van der Waals surface area contributed by atoms with Gasteiger partial charge in [-0.05, 0) is 55.0 Å². The van der Waals surface area contributed by atoms with Crippen molar-refractivity contribution in [1.82, 2.24) is 4.90 Å². The first kappa shape index (κ1) is 22.8. The summed E-state index contributed by atoms with van der Waals surface area (Å²) in [6.45, 7) is 2.32. The quantitative estimate of drug-likeness (QED) is 0.414. The summed E-state index contributed by atoms with van der Waals surface area (Å²) in [5.74, 6) is -1.75. The molecule has 2 aliphatic heterocycles. The van der Waals surface area contributed by atoms with Crippen LogP contribution in [0, 0.1) is 0 Å². The molecule has 4 rings (SSSR count). The van der Waals surface area contributed by atoms with Crippen LogP contribution in [-0.4, -0.2) is 48.0 Å². The van der Waals surface area contributed by atoms with Crippen molar-refractivity contribution in [2.75, 3.05) is 18.3 Å². The number of carboxylic acid groups (broad SMARTS) is 1. The van der Waals surface area contributed by atoms with E-state index in [4.69, 9.17) is 14.2 Å². The van der Waals surface area contributed by atoms with Gasteiger partial charge in [-0.2, -0.15) is 0 Å². The van der Waals surface area contributed by atoms with E-state index in [1.165, 1.54) is 0 Å². The minimum absolute atomic E-state index is 0.0618. The van der Waals surface area contributed by atoms with E-state index in [9.17, 15) is 24.3 Å². The van der Waals surface area contributed by atoms with Crippen LogP contribution in [0.1, 0.15) is 18.9 Å². The molecular weight excluding hydrogens is 444 g/mol. The van der Waals surface area contributed by atoms with Crippen molar-refractivity contribution in [3.63, 3.8) is 0 Å². The normalized spacial score (nSPS) is 16.9. The summed E-state index contributed by atoms with van der Waals surface area (Å²) in [6.07, 6.45) is 1.14. The Bertz CT molecular complexity index is 1160. The van der Waals surface area contributed by atoms with Crippen LogP contribution in [0.2, 0.25) is 0 Å². The highest BCUT2D eigenvalue weighted by Crippen LogP contribution is 2.34. The highest BCUT2D eigenvalue weighted by atomic mass is 16.7. The molecule has 0 radical (unpaired) electrons. The number of carboxylic acids is 1. The number of amides is 3. The predicted octanol–water partition coefficient (Wildman–Crippen LogP) is 0.781. The molecule has 3 amide bonds. The van der Waals surface area contributed by atoms with Gasteiger partial charge >= 0.3 is 0 Å². The number of carbonyl (C=O) groups excluding carboxylic acids is 4. The molecule has 1 fully saturated rings. The van der Waals surface area contributed by atoms with Gasteiger partial charge in [0.25, 0.3) is 5.91 Å². The Kier molecular flexibility index (Phi) is 6.48. The largest absolute Gasteiger partial charge is 0.545 e. The first-order valence-electron chi connectivity index (χ1n) is 10.5. The van der Waals surface area contributed by atoms with Gasteiger partial charge < -0.3 is 29.0 Å². The molecule has 1 atom stereocenters. The average Bonchev–Trinajstić information content (AvgIpc) is 3.40. The summed E-state index contributed by atoms with van der Waals surface area (Å²) < 4.78 is 16.0. The van der Waals surface area contributed by atoms with Crippen molar-refractivity contribution < 1.29 is 38.5 Å². The van der Waals surface area contributed by atoms with Crippen molar-refractivity contribution in [1.29, 1.82) is 0 Å². The molecule has 0 aliphatic carbocycles. The van der Waals surface area contributed by atoms with Crippen LogP contribution in [0.3, 0.4) is 0 Å². The number of hydrogen-bond acceptors (Lipinski definition) is 8. The number of imide groups is 1. The van der Waals surface area contributed by atoms with Gasteiger partial charge in [0.05, 0.1) is 24.7 Å². The Hall–Kier alpha value is -4.34. The zero-order valence-corrected chi connectivity index (χ0v) is 18.3. The molecule has 0 unspecified atom stereocenters. The Morgan fingerprint density at radius 1 is 1.12 bits per heavy atom. The average molecular weight is 465 g/mol. The summed E-state index contributed by atoms with van der Waals surface area (Å²) in [4.78, 5) is 51.9. The Labute approximate surface area is 194 Å². The smallest absolute Gasteiger partial charge is 0.257 e. The molecule has 0 N–H and O–H groups in total. The molecule has 0 aromatic heterocycles. The SMILES string of the molecule is CCOc1ccc(N2C(=O)C[C@H](N(Cc3ccc4c(c3)OCO4)C(=O)/C=C/C(=O)[O-])C2=O)cc1. The lowest BCUT2D eigenvalue weighted by atomic mass is 10.1. The van der Waals surface area contributed by atoms with Gasteiger partial charge in [0.2, 0.25) is 18.6 Å². The van der Waals surface area contributed by atoms with Gasteiger partial charge in [0.15, 0.2) is 11.5 Å². The second kappa shape index (κ2) is 9.65. The molecule has 0 spiro atoms. The minimum Gasteiger partial charge on any atom is -0.545 e. The maximum Gasteiger partial charge on any atom is 0.257 e. The molecule has 1 saturated heterocycles. The van der Waals surface area contributed by atoms with Crippen LogP contribution < -0.4 is 24.2 Å². The Morgan fingerprint density at radius 2 is 1.85 bits per heavy atom. The number of ether oxygens (including phenoxy) is 3. The fourth-order valence-electron chi connectivity index (χ4n) is 3.80. The van der Waals surface area contributed by atoms with Crippen molar-refractivity contribution in [3.8, 4) is 17.2 Å². The first-order valence-corrected chi connectivity index (χ1v) is 10.5. The fraction of sp³-hybridized carbons (Fsp3) is 0.250. The fourth-order valence-corrected chi connectivity index (χ4v) is 3.80. The molecule has 10 heteroatoms. The van der Waals surface area contributed by atoms with Gasteiger partial charge in [0, 0.05) is 12.6 Å². The molecule has 2 aliphatic rings. The number of rotatable bonds is 8. The lowest BCUT2D eigenvalue weighted by Gasteiger charge is -2.27. The van der Waals surface area contributed by atoms with E-state index in [1.807, 2.05) is 6.92 Å². The summed E-state index contributed by atoms with van der Waals surface area (Å²) >= 11 is 0. The molecule has 0 saturated carbocycles. The molecular formula is C24H21N2O8-. The van der Waals surface area contributed by atoms with E-state index in [1.54, 1.807) is 42.5 Å². The third-order valence-electron chi connectivity index (χ3n) is 5.34. The Morgan fingerprint density at radius 3 is 2.56 bits per heavy atom. The van der Waals surface area contributed by atoms with Crippen LogP contribution in [0.25, 0.3) is 0 Å². The van der Waals surface area contributed by atoms with E-state index < -0.39 is 29.7 Å². The van der Waals surface area contributed by atoms with Gasteiger partial charge in [-0.3, -0.25) is 14.4 Å². The van der Waals surface area contributed by atoms with Crippen LogP contribution >= 0.6 is 0 Å². The number of hydrogen-bond donors (Lipinski definition) is 0. The maximum atomic E-state index is 13.3. The van der Waals surface area contributed by atoms with Crippen molar-refractivity contribution in [2.45, 2.75) is 25.9 Å². The number of anilines is 1. The summed E-state index contributed by atoms with van der Waals surface area (Å²) in [5, 5.41) is 10.8. The summed E-state index contributed by atoms with van der Waals surface area (Å²) in [5.41, 5.74) is 0.959. The van der Waals surface area contributed by atoms with Crippen molar-refractivity contribution in [3.05, 3.63) is 60.2 Å². The maximum absolute atomic E-state index is 13.3. The molecule has 2 aromatic rings. The standard InChI is InChI=1S/C24H22N2O8/c1-2-32-17-6-4-16(5-7-17)26-22(28)12-18(24(26)31)25(21(27)9-10-23(29)30)13-15-3-8-19-20(11-15)34-14-33-19/h3-11,18H,2,12-14H2,1H3,(H,29,30)/p-1/b10-9+/t18-/m0/s1. The van der Waals surface area contributed by atoms with Crippen LogP contribution in [-0.2, 0) is 25.7 Å². The second-order valence-electron chi connectivity index (χ2n) is 7.52. The molecule has 2 aromatic carbocycles. The highest BCUT2D eigenvalue weighted by molar-refractivity contribution is 6.23. The third-order valence-corrected chi connectivity index (χ3v) is 5.34. The lowest BCUT2D eigenvalue weighted by molar-refractivity contribution is -0.297. The van der Waals surface area contributed by atoms with Crippen molar-refractivity contribution >= 4 is 29.4 Å². The molecule has 176 valence electrons. The molecule has 0 bridgehead atoms. The predicted molar refractivity (Wildman–Crippen MR) is 116 cm³/mol. The Balaban J connectivity index is 1.61. The summed E-state index contributed by atoms with van der Waals surface area (Å²) in [7, 11) is 0. The number of fused-ring (bicyclic) bond motifs is 1. The second-order valence-corrected chi connectivity index (χ2v) is 7.52. The molecule has 2 heterocycles. The minimum atomic E-state index is -1.55. The number of nitrogens with zero attached hydrogens (tertiary/aromatic N) is 2. The molecule has 34 heavy (non-hydrogen) atoms. The van der Waals surface area contributed by atoms with Crippen LogP contribution in [0.15, 0.2) is 54.6 Å². The third kappa shape index (κ3) is 4.70. The molecule has 10 nitrogen and oxygen atoms in total. The number of aliphatic carboxylic acids is 1. The van der Waals surface area contributed by atoms with Gasteiger partial charge in [-0.15, -0.1) is 0 Å². The van der Waals surface area contributed by atoms with E-state index in [2.05, 4.69) is 0 Å². The van der Waals surface area contributed by atoms with E-state index in [-0.39, 0.29) is 19.8 Å². The van der Waals surface area contributed by atoms with E-state index in [0.717, 1.165) is 15.9 Å². The monoisotopic (exact) mass is 465 g/mol. The number of benzene rings is 2. The topological polar surface area (TPSA) is 126 Å². The van der Waals surface area contributed by atoms with Crippen molar-refractivity contribution in [2.24, 2.45) is 0 Å². The van der Waals surface area contributed by atoms with Gasteiger partial charge in [0.1, 0.15) is 11.8 Å². The zero-order chi connectivity index (χ0) is 24.2. The van der Waals surface area contributed by atoms with E-state index in [0.29, 0.717) is 41.2 Å².